The van der Waals surface area contributed by atoms with Gasteiger partial charge in [-0.3, -0.25) is 4.79 Å². The van der Waals surface area contributed by atoms with E-state index in [2.05, 4.69) is 5.32 Å². The average Bonchev–Trinajstić information content (AvgIpc) is 2.69. The number of piperidine rings is 1. The van der Waals surface area contributed by atoms with Crippen molar-refractivity contribution in [3.05, 3.63) is 69.7 Å². The molecule has 0 bridgehead atoms. The number of amides is 1. The van der Waals surface area contributed by atoms with Crippen LogP contribution in [0.1, 0.15) is 24.0 Å². The lowest BCUT2D eigenvalue weighted by atomic mass is 9.99. The van der Waals surface area contributed by atoms with Gasteiger partial charge >= 0.3 is 0 Å². The van der Waals surface area contributed by atoms with E-state index >= 15 is 0 Å². The van der Waals surface area contributed by atoms with Crippen LogP contribution in [-0.2, 0) is 27.1 Å². The van der Waals surface area contributed by atoms with Crippen LogP contribution < -0.4 is 5.32 Å². The highest BCUT2D eigenvalue weighted by Crippen LogP contribution is 2.23. The lowest BCUT2D eigenvalue weighted by Crippen LogP contribution is -2.45. The number of hydrogen-bond acceptors (Lipinski definition) is 3. The number of nitrogens with zero attached hydrogens (tertiary/aromatic N) is 1. The van der Waals surface area contributed by atoms with Crippen molar-refractivity contribution in [3.8, 4) is 0 Å². The third-order valence-corrected chi connectivity index (χ3v) is 7.26. The Hall–Kier alpha value is -1.60. The number of hydrogen-bond donors (Lipinski definition) is 1. The molecule has 1 aliphatic rings. The second kappa shape index (κ2) is 9.27. The van der Waals surface area contributed by atoms with E-state index in [0.717, 1.165) is 5.56 Å². The first-order chi connectivity index (χ1) is 13.3. The van der Waals surface area contributed by atoms with Crippen molar-refractivity contribution in [1.29, 1.82) is 0 Å². The number of benzene rings is 2. The Morgan fingerprint density at radius 2 is 1.82 bits per heavy atom. The zero-order valence-corrected chi connectivity index (χ0v) is 17.6. The molecule has 150 valence electrons. The highest BCUT2D eigenvalue weighted by molar-refractivity contribution is 7.88. The SMILES string of the molecule is O=C(NCc1ccccc1Cl)[C@H]1CCCN(S(=O)(=O)Cc2ccc(Cl)cc2)C1. The summed E-state index contributed by atoms with van der Waals surface area (Å²) in [6.45, 7) is 0.959. The third-order valence-electron chi connectivity index (χ3n) is 4.82. The fraction of sp³-hybridized carbons (Fsp3) is 0.350. The van der Waals surface area contributed by atoms with Crippen molar-refractivity contribution in [3.63, 3.8) is 0 Å². The molecule has 3 rings (SSSR count). The fourth-order valence-corrected chi connectivity index (χ4v) is 5.20. The smallest absolute Gasteiger partial charge is 0.224 e. The number of carbonyl (C=O) groups is 1. The summed E-state index contributed by atoms with van der Waals surface area (Å²) < 4.78 is 27.0. The maximum Gasteiger partial charge on any atom is 0.224 e. The van der Waals surface area contributed by atoms with E-state index in [1.54, 1.807) is 30.3 Å². The molecule has 0 radical (unpaired) electrons. The van der Waals surface area contributed by atoms with Crippen LogP contribution >= 0.6 is 23.2 Å². The van der Waals surface area contributed by atoms with Crippen LogP contribution in [0.5, 0.6) is 0 Å². The van der Waals surface area contributed by atoms with E-state index in [9.17, 15) is 13.2 Å². The van der Waals surface area contributed by atoms with E-state index in [1.807, 2.05) is 18.2 Å². The van der Waals surface area contributed by atoms with Crippen LogP contribution in [-0.4, -0.2) is 31.7 Å². The normalized spacial score (nSPS) is 18.0. The number of rotatable bonds is 6. The van der Waals surface area contributed by atoms with Crippen molar-refractivity contribution < 1.29 is 13.2 Å². The van der Waals surface area contributed by atoms with Crippen molar-refractivity contribution in [2.75, 3.05) is 13.1 Å². The Bertz CT molecular complexity index is 933. The molecule has 2 aromatic rings. The van der Waals surface area contributed by atoms with Crippen molar-refractivity contribution >= 4 is 39.1 Å². The topological polar surface area (TPSA) is 66.5 Å². The molecule has 1 atom stereocenters. The Kier molecular flexibility index (Phi) is 6.99. The fourth-order valence-electron chi connectivity index (χ4n) is 3.26. The molecule has 0 aromatic heterocycles. The summed E-state index contributed by atoms with van der Waals surface area (Å²) in [5, 5.41) is 4.04. The molecule has 0 unspecified atom stereocenters. The minimum absolute atomic E-state index is 0.0991. The summed E-state index contributed by atoms with van der Waals surface area (Å²) in [7, 11) is -3.50. The molecule has 1 heterocycles. The summed E-state index contributed by atoms with van der Waals surface area (Å²) in [5.74, 6) is -0.611. The predicted octanol–water partition coefficient (Wildman–Crippen LogP) is 3.85. The van der Waals surface area contributed by atoms with Gasteiger partial charge in [-0.05, 0) is 42.2 Å². The molecule has 0 spiro atoms. The Balaban J connectivity index is 1.60. The van der Waals surface area contributed by atoms with E-state index in [4.69, 9.17) is 23.2 Å². The third kappa shape index (κ3) is 5.47. The highest BCUT2D eigenvalue weighted by atomic mass is 35.5. The molecular formula is C20H22Cl2N2O3S. The maximum absolute atomic E-state index is 12.8. The summed E-state index contributed by atoms with van der Waals surface area (Å²) in [6, 6.07) is 14.1. The minimum atomic E-state index is -3.50. The summed E-state index contributed by atoms with van der Waals surface area (Å²) in [5.41, 5.74) is 1.51. The summed E-state index contributed by atoms with van der Waals surface area (Å²) >= 11 is 12.0. The first-order valence-electron chi connectivity index (χ1n) is 9.08. The molecule has 1 amide bonds. The Labute approximate surface area is 175 Å². The van der Waals surface area contributed by atoms with Gasteiger partial charge in [0.2, 0.25) is 15.9 Å². The molecule has 0 saturated carbocycles. The molecule has 28 heavy (non-hydrogen) atoms. The van der Waals surface area contributed by atoms with Crippen LogP contribution in [0.4, 0.5) is 0 Å². The second-order valence-electron chi connectivity index (χ2n) is 6.89. The monoisotopic (exact) mass is 440 g/mol. The van der Waals surface area contributed by atoms with Crippen LogP contribution in [0.15, 0.2) is 48.5 Å². The van der Waals surface area contributed by atoms with Crippen molar-refractivity contribution in [1.82, 2.24) is 9.62 Å². The second-order valence-corrected chi connectivity index (χ2v) is 9.70. The molecule has 1 aliphatic heterocycles. The molecule has 5 nitrogen and oxygen atoms in total. The number of carbonyl (C=O) groups excluding carboxylic acids is 1. The first-order valence-corrected chi connectivity index (χ1v) is 11.4. The van der Waals surface area contributed by atoms with Crippen molar-refractivity contribution in [2.24, 2.45) is 5.92 Å². The first kappa shape index (κ1) is 21.1. The number of sulfonamides is 1. The molecule has 1 saturated heterocycles. The van der Waals surface area contributed by atoms with Gasteiger partial charge in [0.15, 0.2) is 0 Å². The number of halogens is 2. The standard InChI is InChI=1S/C20H22Cl2N2O3S/c21-18-9-7-15(8-10-18)14-28(26,27)24-11-3-5-17(13-24)20(25)23-12-16-4-1-2-6-19(16)22/h1-2,4,6-10,17H,3,5,11-14H2,(H,23,25)/t17-/m0/s1. The van der Waals surface area contributed by atoms with Gasteiger partial charge in [0.1, 0.15) is 0 Å². The van der Waals surface area contributed by atoms with Gasteiger partial charge in [0.05, 0.1) is 11.7 Å². The van der Waals surface area contributed by atoms with E-state index in [0.29, 0.717) is 41.5 Å². The molecular weight excluding hydrogens is 419 g/mol. The minimum Gasteiger partial charge on any atom is -0.352 e. The Morgan fingerprint density at radius 3 is 2.54 bits per heavy atom. The van der Waals surface area contributed by atoms with E-state index in [-0.39, 0.29) is 24.1 Å². The van der Waals surface area contributed by atoms with E-state index < -0.39 is 10.0 Å². The molecule has 8 heteroatoms. The largest absolute Gasteiger partial charge is 0.352 e. The lowest BCUT2D eigenvalue weighted by molar-refractivity contribution is -0.126. The lowest BCUT2D eigenvalue weighted by Gasteiger charge is -2.31. The zero-order valence-electron chi connectivity index (χ0n) is 15.3. The van der Waals surface area contributed by atoms with Gasteiger partial charge in [0, 0.05) is 29.7 Å². The molecule has 1 fully saturated rings. The zero-order chi connectivity index (χ0) is 20.1. The quantitative estimate of drug-likeness (QED) is 0.741. The van der Waals surface area contributed by atoms with Gasteiger partial charge < -0.3 is 5.32 Å². The number of nitrogens with one attached hydrogen (secondary N) is 1. The molecule has 2 aromatic carbocycles. The Morgan fingerprint density at radius 1 is 1.11 bits per heavy atom. The summed E-state index contributed by atoms with van der Waals surface area (Å²) in [6.07, 6.45) is 1.32. The average molecular weight is 441 g/mol. The van der Waals surface area contributed by atoms with Crippen LogP contribution in [0.25, 0.3) is 0 Å². The van der Waals surface area contributed by atoms with Gasteiger partial charge in [0.25, 0.3) is 0 Å². The van der Waals surface area contributed by atoms with Gasteiger partial charge in [-0.25, -0.2) is 12.7 Å². The van der Waals surface area contributed by atoms with E-state index in [1.165, 1.54) is 4.31 Å². The van der Waals surface area contributed by atoms with Gasteiger partial charge in [-0.2, -0.15) is 0 Å². The predicted molar refractivity (Wildman–Crippen MR) is 112 cm³/mol. The molecule has 1 N–H and O–H groups in total. The van der Waals surface area contributed by atoms with Crippen LogP contribution in [0, 0.1) is 5.92 Å². The highest BCUT2D eigenvalue weighted by Gasteiger charge is 2.32. The van der Waals surface area contributed by atoms with Crippen LogP contribution in [0.3, 0.4) is 0 Å². The molecule has 0 aliphatic carbocycles. The van der Waals surface area contributed by atoms with Crippen molar-refractivity contribution in [2.45, 2.75) is 25.1 Å². The van der Waals surface area contributed by atoms with Crippen LogP contribution in [0.2, 0.25) is 10.0 Å². The maximum atomic E-state index is 12.8. The van der Waals surface area contributed by atoms with Gasteiger partial charge in [-0.1, -0.05) is 53.5 Å². The summed E-state index contributed by atoms with van der Waals surface area (Å²) in [4.78, 5) is 12.6. The van der Waals surface area contributed by atoms with Gasteiger partial charge in [-0.15, -0.1) is 0 Å².